The smallest absolute Gasteiger partial charge is 0.164 e. The number of para-hydroxylation sites is 1. The lowest BCUT2D eigenvalue weighted by atomic mass is 10.0. The average molecular weight is 871 g/mol. The Kier molecular flexibility index (Phi) is 10.5. The molecule has 0 atom stereocenters. The SMILES string of the molecule is c1ccc(-c2ccc(N(c3ccc4oc5ccc(-c6nc(-c7cccc(-c8ccccc8)c7)nc(-c7cccc(-c8ccccc8)c7)n6)cc5c4c3)c3ccccc3-c3ccccc3)cc2)cc1. The summed E-state index contributed by atoms with van der Waals surface area (Å²) in [4.78, 5) is 17.9. The Morgan fingerprint density at radius 1 is 0.265 bits per heavy atom. The minimum atomic E-state index is 0.574. The number of fused-ring (bicyclic) bond motifs is 3. The Bertz CT molecular complexity index is 3620. The molecule has 0 saturated carbocycles. The van der Waals surface area contributed by atoms with Crippen molar-refractivity contribution in [2.75, 3.05) is 4.90 Å². The van der Waals surface area contributed by atoms with Gasteiger partial charge in [-0.05, 0) is 106 Å². The zero-order chi connectivity index (χ0) is 45.2. The fraction of sp³-hybridized carbons (Fsp3) is 0. The third-order valence-corrected chi connectivity index (χ3v) is 12.5. The van der Waals surface area contributed by atoms with Gasteiger partial charge in [-0.25, -0.2) is 15.0 Å². The van der Waals surface area contributed by atoms with E-state index in [1.54, 1.807) is 0 Å². The highest BCUT2D eigenvalue weighted by Crippen LogP contribution is 2.44. The third kappa shape index (κ3) is 7.88. The van der Waals surface area contributed by atoms with Crippen LogP contribution in [0.2, 0.25) is 0 Å². The monoisotopic (exact) mass is 870 g/mol. The second-order valence-corrected chi connectivity index (χ2v) is 16.8. The molecule has 0 aliphatic rings. The van der Waals surface area contributed by atoms with E-state index in [4.69, 9.17) is 19.4 Å². The largest absolute Gasteiger partial charge is 0.456 e. The summed E-state index contributed by atoms with van der Waals surface area (Å²) in [5.41, 5.74) is 16.4. The Morgan fingerprint density at radius 2 is 0.647 bits per heavy atom. The molecule has 12 rings (SSSR count). The molecule has 68 heavy (non-hydrogen) atoms. The number of hydrogen-bond acceptors (Lipinski definition) is 5. The molecule has 5 nitrogen and oxygen atoms in total. The predicted octanol–water partition coefficient (Wildman–Crippen LogP) is 16.9. The van der Waals surface area contributed by atoms with Gasteiger partial charge in [0.05, 0.1) is 5.69 Å². The summed E-state index contributed by atoms with van der Waals surface area (Å²) in [5, 5.41) is 1.96. The number of nitrogens with zero attached hydrogens (tertiary/aromatic N) is 4. The molecule has 0 saturated heterocycles. The molecule has 0 aliphatic carbocycles. The van der Waals surface area contributed by atoms with Gasteiger partial charge in [0.1, 0.15) is 11.2 Å². The first-order valence-corrected chi connectivity index (χ1v) is 22.8. The molecule has 0 fully saturated rings. The second-order valence-electron chi connectivity index (χ2n) is 16.8. The summed E-state index contributed by atoms with van der Waals surface area (Å²) in [6.45, 7) is 0. The minimum Gasteiger partial charge on any atom is -0.456 e. The van der Waals surface area contributed by atoms with Gasteiger partial charge in [-0.3, -0.25) is 0 Å². The van der Waals surface area contributed by atoms with Crippen molar-refractivity contribution in [2.24, 2.45) is 0 Å². The summed E-state index contributed by atoms with van der Waals surface area (Å²) in [6, 6.07) is 88.9. The van der Waals surface area contributed by atoms with Crippen LogP contribution in [0.25, 0.3) is 101 Å². The van der Waals surface area contributed by atoms with E-state index in [2.05, 4.69) is 235 Å². The first kappa shape index (κ1) is 40.3. The van der Waals surface area contributed by atoms with Gasteiger partial charge in [-0.1, -0.05) is 188 Å². The average Bonchev–Trinajstić information content (AvgIpc) is 3.79. The van der Waals surface area contributed by atoms with Crippen LogP contribution in [0.4, 0.5) is 17.1 Å². The van der Waals surface area contributed by atoms with Crippen molar-refractivity contribution in [3.05, 3.63) is 255 Å². The van der Waals surface area contributed by atoms with Crippen molar-refractivity contribution in [3.63, 3.8) is 0 Å². The van der Waals surface area contributed by atoms with E-state index in [0.29, 0.717) is 17.5 Å². The molecule has 5 heteroatoms. The van der Waals surface area contributed by atoms with Crippen LogP contribution in [-0.2, 0) is 0 Å². The van der Waals surface area contributed by atoms with Crippen LogP contribution in [0.1, 0.15) is 0 Å². The van der Waals surface area contributed by atoms with Gasteiger partial charge in [-0.15, -0.1) is 0 Å². The van der Waals surface area contributed by atoms with Gasteiger partial charge in [0.25, 0.3) is 0 Å². The van der Waals surface area contributed by atoms with Crippen LogP contribution < -0.4 is 4.90 Å². The van der Waals surface area contributed by atoms with Crippen molar-refractivity contribution in [3.8, 4) is 78.7 Å². The van der Waals surface area contributed by atoms with Gasteiger partial charge in [0, 0.05) is 44.4 Å². The molecule has 0 bridgehead atoms. The third-order valence-electron chi connectivity index (χ3n) is 12.5. The number of furan rings is 1. The molecule has 10 aromatic carbocycles. The van der Waals surface area contributed by atoms with Crippen LogP contribution >= 0.6 is 0 Å². The summed E-state index contributed by atoms with van der Waals surface area (Å²) >= 11 is 0. The van der Waals surface area contributed by atoms with Gasteiger partial charge in [-0.2, -0.15) is 0 Å². The normalized spacial score (nSPS) is 11.2. The van der Waals surface area contributed by atoms with Crippen LogP contribution in [-0.4, -0.2) is 15.0 Å². The maximum absolute atomic E-state index is 6.57. The molecule has 2 aromatic heterocycles. The van der Waals surface area contributed by atoms with Gasteiger partial charge in [0.2, 0.25) is 0 Å². The van der Waals surface area contributed by atoms with Crippen LogP contribution in [0.5, 0.6) is 0 Å². The van der Waals surface area contributed by atoms with E-state index >= 15 is 0 Å². The zero-order valence-corrected chi connectivity index (χ0v) is 36.9. The van der Waals surface area contributed by atoms with Crippen molar-refractivity contribution in [1.29, 1.82) is 0 Å². The van der Waals surface area contributed by atoms with E-state index in [-0.39, 0.29) is 0 Å². The van der Waals surface area contributed by atoms with Crippen molar-refractivity contribution in [1.82, 2.24) is 15.0 Å². The number of aromatic nitrogens is 3. The summed E-state index contributed by atoms with van der Waals surface area (Å²) in [5.74, 6) is 1.77. The Labute approximate surface area is 395 Å². The summed E-state index contributed by atoms with van der Waals surface area (Å²) in [6.07, 6.45) is 0. The number of benzene rings is 10. The van der Waals surface area contributed by atoms with Crippen molar-refractivity contribution in [2.45, 2.75) is 0 Å². The van der Waals surface area contributed by atoms with Gasteiger partial charge >= 0.3 is 0 Å². The van der Waals surface area contributed by atoms with Crippen LogP contribution in [0, 0.1) is 0 Å². The molecule has 0 N–H and O–H groups in total. The van der Waals surface area contributed by atoms with E-state index in [1.165, 1.54) is 5.56 Å². The standard InChI is InChI=1S/C63H42N4O/c1-5-17-43(18-6-1)46-31-34-53(35-32-46)67(58-30-14-13-29-55(58)47-23-11-4-12-24-47)54-36-38-60-57(42-54)56-41-52(33-37-59(56)68-60)63-65-61(50-27-15-25-48(39-50)44-19-7-2-8-20-44)64-62(66-63)51-28-16-26-49(40-51)45-21-9-3-10-22-45/h1-42H. The topological polar surface area (TPSA) is 55.1 Å². The number of hydrogen-bond donors (Lipinski definition) is 0. The second kappa shape index (κ2) is 17.7. The minimum absolute atomic E-state index is 0.574. The van der Waals surface area contributed by atoms with Gasteiger partial charge in [0.15, 0.2) is 17.5 Å². The molecule has 2 heterocycles. The molecule has 12 aromatic rings. The molecule has 0 aliphatic heterocycles. The summed E-state index contributed by atoms with van der Waals surface area (Å²) < 4.78 is 6.57. The van der Waals surface area contributed by atoms with E-state index in [1.807, 2.05) is 24.3 Å². The fourth-order valence-electron chi connectivity index (χ4n) is 9.13. The quantitative estimate of drug-likeness (QED) is 0.137. The Morgan fingerprint density at radius 3 is 1.21 bits per heavy atom. The molecule has 0 amide bonds. The van der Waals surface area contributed by atoms with Crippen molar-refractivity contribution < 1.29 is 4.42 Å². The Balaban J connectivity index is 1.00. The zero-order valence-electron chi connectivity index (χ0n) is 36.9. The number of anilines is 3. The number of rotatable bonds is 10. The maximum Gasteiger partial charge on any atom is 0.164 e. The molecular weight excluding hydrogens is 829 g/mol. The van der Waals surface area contributed by atoms with Crippen LogP contribution in [0.15, 0.2) is 259 Å². The van der Waals surface area contributed by atoms with E-state index in [0.717, 1.165) is 94.6 Å². The predicted molar refractivity (Wildman–Crippen MR) is 280 cm³/mol. The highest BCUT2D eigenvalue weighted by atomic mass is 16.3. The first-order valence-electron chi connectivity index (χ1n) is 22.8. The molecular formula is C63H42N4O. The molecule has 0 radical (unpaired) electrons. The fourth-order valence-corrected chi connectivity index (χ4v) is 9.13. The van der Waals surface area contributed by atoms with Gasteiger partial charge < -0.3 is 9.32 Å². The van der Waals surface area contributed by atoms with Crippen LogP contribution in [0.3, 0.4) is 0 Å². The molecule has 320 valence electrons. The van der Waals surface area contributed by atoms with Crippen molar-refractivity contribution >= 4 is 39.0 Å². The first-order chi connectivity index (χ1) is 33.7. The summed E-state index contributed by atoms with van der Waals surface area (Å²) in [7, 11) is 0. The molecule has 0 unspecified atom stereocenters. The highest BCUT2D eigenvalue weighted by Gasteiger charge is 2.21. The Hall–Kier alpha value is -9.19. The lowest BCUT2D eigenvalue weighted by Gasteiger charge is -2.28. The van der Waals surface area contributed by atoms with E-state index in [9.17, 15) is 0 Å². The van der Waals surface area contributed by atoms with E-state index < -0.39 is 0 Å². The molecule has 0 spiro atoms. The lowest BCUT2D eigenvalue weighted by molar-refractivity contribution is 0.669. The lowest BCUT2D eigenvalue weighted by Crippen LogP contribution is -2.11. The highest BCUT2D eigenvalue weighted by molar-refractivity contribution is 6.08. The maximum atomic E-state index is 6.57.